The van der Waals surface area contributed by atoms with E-state index in [9.17, 15) is 9.59 Å². The number of thiophene rings is 1. The Hall–Kier alpha value is -2.16. The zero-order valence-corrected chi connectivity index (χ0v) is 20.0. The fourth-order valence-corrected chi connectivity index (χ4v) is 6.21. The van der Waals surface area contributed by atoms with E-state index in [1.165, 1.54) is 34.2 Å². The standard InChI is InChI=1S/C24H29N3O3S2/c1-30-15-14-27-23(29)21-18-11-5-6-12-19(18)32-22(21)26-24(27)31-16-20(28)25-13-7-10-17-8-3-2-4-9-17/h2-4,8-9H,5-7,10-16H2,1H3,(H,25,28). The first kappa shape index (κ1) is 23.0. The Morgan fingerprint density at radius 3 is 2.88 bits per heavy atom. The van der Waals surface area contributed by atoms with Crippen LogP contribution in [0.15, 0.2) is 40.3 Å². The molecule has 4 rings (SSSR count). The average Bonchev–Trinajstić information content (AvgIpc) is 3.19. The number of ether oxygens (including phenoxy) is 1. The first-order chi connectivity index (χ1) is 15.7. The fourth-order valence-electron chi connectivity index (χ4n) is 4.06. The first-order valence-corrected chi connectivity index (χ1v) is 12.9. The van der Waals surface area contributed by atoms with Crippen LogP contribution in [0.2, 0.25) is 0 Å². The van der Waals surface area contributed by atoms with Crippen LogP contribution in [0.3, 0.4) is 0 Å². The van der Waals surface area contributed by atoms with Crippen molar-refractivity contribution in [1.29, 1.82) is 0 Å². The first-order valence-electron chi connectivity index (χ1n) is 11.1. The van der Waals surface area contributed by atoms with Crippen LogP contribution in [0.4, 0.5) is 0 Å². The second-order valence-electron chi connectivity index (χ2n) is 7.96. The molecule has 0 saturated carbocycles. The summed E-state index contributed by atoms with van der Waals surface area (Å²) in [6, 6.07) is 10.3. The number of benzene rings is 1. The van der Waals surface area contributed by atoms with Gasteiger partial charge in [0, 0.05) is 18.5 Å². The van der Waals surface area contributed by atoms with Crippen LogP contribution >= 0.6 is 23.1 Å². The number of amides is 1. The van der Waals surface area contributed by atoms with E-state index in [1.54, 1.807) is 23.0 Å². The van der Waals surface area contributed by atoms with Gasteiger partial charge in [-0.15, -0.1) is 11.3 Å². The van der Waals surface area contributed by atoms with Gasteiger partial charge in [-0.3, -0.25) is 14.2 Å². The molecule has 1 aliphatic rings. The van der Waals surface area contributed by atoms with Crippen molar-refractivity contribution >= 4 is 39.2 Å². The maximum absolute atomic E-state index is 13.3. The lowest BCUT2D eigenvalue weighted by Gasteiger charge is -2.13. The molecular weight excluding hydrogens is 442 g/mol. The Bertz CT molecular complexity index is 1120. The normalized spacial score (nSPS) is 13.3. The quantitative estimate of drug-likeness (QED) is 0.276. The van der Waals surface area contributed by atoms with Crippen LogP contribution in [0.25, 0.3) is 10.2 Å². The van der Waals surface area contributed by atoms with Gasteiger partial charge in [0.05, 0.1) is 24.3 Å². The van der Waals surface area contributed by atoms with E-state index < -0.39 is 0 Å². The van der Waals surface area contributed by atoms with Crippen LogP contribution in [-0.2, 0) is 35.3 Å². The number of methoxy groups -OCH3 is 1. The molecule has 1 aromatic carbocycles. The summed E-state index contributed by atoms with van der Waals surface area (Å²) in [7, 11) is 1.62. The number of nitrogens with one attached hydrogen (secondary N) is 1. The van der Waals surface area contributed by atoms with Crippen molar-refractivity contribution < 1.29 is 9.53 Å². The minimum absolute atomic E-state index is 0.00257. The summed E-state index contributed by atoms with van der Waals surface area (Å²) in [6.45, 7) is 1.50. The number of nitrogens with zero attached hydrogens (tertiary/aromatic N) is 2. The van der Waals surface area contributed by atoms with Crippen molar-refractivity contribution in [2.45, 2.75) is 50.2 Å². The lowest BCUT2D eigenvalue weighted by atomic mass is 9.97. The zero-order chi connectivity index (χ0) is 22.3. The maximum Gasteiger partial charge on any atom is 0.263 e. The van der Waals surface area contributed by atoms with Gasteiger partial charge in [-0.2, -0.15) is 0 Å². The van der Waals surface area contributed by atoms with Crippen molar-refractivity contribution in [1.82, 2.24) is 14.9 Å². The largest absolute Gasteiger partial charge is 0.383 e. The maximum atomic E-state index is 13.3. The van der Waals surface area contributed by atoms with Crippen LogP contribution < -0.4 is 10.9 Å². The molecule has 0 unspecified atom stereocenters. The molecule has 2 heterocycles. The van der Waals surface area contributed by atoms with Gasteiger partial charge in [-0.1, -0.05) is 42.1 Å². The molecule has 3 aromatic rings. The minimum Gasteiger partial charge on any atom is -0.383 e. The van der Waals surface area contributed by atoms with Gasteiger partial charge < -0.3 is 10.1 Å². The van der Waals surface area contributed by atoms with Gasteiger partial charge in [0.2, 0.25) is 5.91 Å². The molecule has 1 N–H and O–H groups in total. The highest BCUT2D eigenvalue weighted by atomic mass is 32.2. The summed E-state index contributed by atoms with van der Waals surface area (Å²) in [4.78, 5) is 32.6. The summed E-state index contributed by atoms with van der Waals surface area (Å²) in [5, 5.41) is 4.35. The number of hydrogen-bond acceptors (Lipinski definition) is 6. The summed E-state index contributed by atoms with van der Waals surface area (Å²) in [6.07, 6.45) is 6.10. The molecule has 0 bridgehead atoms. The van der Waals surface area contributed by atoms with E-state index in [2.05, 4.69) is 17.4 Å². The van der Waals surface area contributed by atoms with Crippen LogP contribution in [0.5, 0.6) is 0 Å². The smallest absolute Gasteiger partial charge is 0.263 e. The van der Waals surface area contributed by atoms with Crippen LogP contribution in [0.1, 0.15) is 35.3 Å². The third-order valence-corrected chi connectivity index (χ3v) is 7.86. The van der Waals surface area contributed by atoms with E-state index in [0.29, 0.717) is 24.9 Å². The number of carbonyl (C=O) groups excluding carboxylic acids is 1. The molecule has 0 saturated heterocycles. The third kappa shape index (κ3) is 5.42. The number of aromatic nitrogens is 2. The Morgan fingerprint density at radius 1 is 1.25 bits per heavy atom. The monoisotopic (exact) mass is 471 g/mol. The molecule has 1 aliphatic carbocycles. The summed E-state index contributed by atoms with van der Waals surface area (Å²) in [5.74, 6) is 0.197. The van der Waals surface area contributed by atoms with Crippen molar-refractivity contribution in [2.24, 2.45) is 0 Å². The topological polar surface area (TPSA) is 73.2 Å². The van der Waals surface area contributed by atoms with E-state index in [1.807, 2.05) is 18.2 Å². The van der Waals surface area contributed by atoms with Crippen LogP contribution in [0, 0.1) is 0 Å². The Morgan fingerprint density at radius 2 is 2.06 bits per heavy atom. The number of aryl methyl sites for hydroxylation is 3. The molecule has 0 atom stereocenters. The molecule has 0 aliphatic heterocycles. The Labute approximate surface area is 196 Å². The number of fused-ring (bicyclic) bond motifs is 3. The highest BCUT2D eigenvalue weighted by Crippen LogP contribution is 2.34. The third-order valence-electron chi connectivity index (χ3n) is 5.70. The minimum atomic E-state index is -0.0406. The molecule has 0 radical (unpaired) electrons. The van der Waals surface area contributed by atoms with Gasteiger partial charge in [0.25, 0.3) is 5.56 Å². The highest BCUT2D eigenvalue weighted by Gasteiger charge is 2.22. The lowest BCUT2D eigenvalue weighted by Crippen LogP contribution is -2.28. The number of rotatable bonds is 10. The fraction of sp³-hybridized carbons (Fsp3) is 0.458. The van der Waals surface area contributed by atoms with Gasteiger partial charge in [0.1, 0.15) is 4.83 Å². The molecule has 170 valence electrons. The SMILES string of the molecule is COCCn1c(SCC(=O)NCCCc2ccccc2)nc2sc3c(c2c1=O)CCCC3. The zero-order valence-electron chi connectivity index (χ0n) is 18.4. The predicted molar refractivity (Wildman–Crippen MR) is 131 cm³/mol. The molecule has 0 fully saturated rings. The molecule has 32 heavy (non-hydrogen) atoms. The van der Waals surface area contributed by atoms with E-state index in [0.717, 1.165) is 42.3 Å². The molecule has 1 amide bonds. The lowest BCUT2D eigenvalue weighted by molar-refractivity contribution is -0.118. The summed E-state index contributed by atoms with van der Waals surface area (Å²) < 4.78 is 6.90. The van der Waals surface area contributed by atoms with Gasteiger partial charge in [0.15, 0.2) is 5.16 Å². The predicted octanol–water partition coefficient (Wildman–Crippen LogP) is 3.82. The molecule has 0 spiro atoms. The number of carbonyl (C=O) groups is 1. The second-order valence-corrected chi connectivity index (χ2v) is 9.99. The van der Waals surface area contributed by atoms with Crippen molar-refractivity contribution in [3.63, 3.8) is 0 Å². The van der Waals surface area contributed by atoms with Crippen molar-refractivity contribution in [3.05, 3.63) is 56.7 Å². The number of hydrogen-bond donors (Lipinski definition) is 1. The number of thioether (sulfide) groups is 1. The molecular formula is C24H29N3O3S2. The van der Waals surface area contributed by atoms with E-state index in [4.69, 9.17) is 9.72 Å². The van der Waals surface area contributed by atoms with Crippen molar-refractivity contribution in [2.75, 3.05) is 26.0 Å². The van der Waals surface area contributed by atoms with E-state index in [-0.39, 0.29) is 17.2 Å². The Balaban J connectivity index is 1.42. The average molecular weight is 472 g/mol. The highest BCUT2D eigenvalue weighted by molar-refractivity contribution is 7.99. The second kappa shape index (κ2) is 11.1. The van der Waals surface area contributed by atoms with Gasteiger partial charge in [-0.25, -0.2) is 4.98 Å². The van der Waals surface area contributed by atoms with Gasteiger partial charge >= 0.3 is 0 Å². The van der Waals surface area contributed by atoms with Crippen molar-refractivity contribution in [3.8, 4) is 0 Å². The van der Waals surface area contributed by atoms with E-state index >= 15 is 0 Å². The molecule has 2 aromatic heterocycles. The Kier molecular flexibility index (Phi) is 8.00. The molecule has 8 heteroatoms. The summed E-state index contributed by atoms with van der Waals surface area (Å²) in [5.41, 5.74) is 2.46. The van der Waals surface area contributed by atoms with Crippen LogP contribution in [-0.4, -0.2) is 41.5 Å². The molecule has 6 nitrogen and oxygen atoms in total. The summed E-state index contributed by atoms with van der Waals surface area (Å²) >= 11 is 2.97. The van der Waals surface area contributed by atoms with Gasteiger partial charge in [-0.05, 0) is 49.7 Å².